The Morgan fingerprint density at radius 2 is 1.76 bits per heavy atom. The maximum atomic E-state index is 12.9. The zero-order valence-electron chi connectivity index (χ0n) is 16.0. The number of methoxy groups -OCH3 is 1. The van der Waals surface area contributed by atoms with Crippen molar-refractivity contribution in [2.75, 3.05) is 49.8 Å². The van der Waals surface area contributed by atoms with E-state index in [1.807, 2.05) is 23.1 Å². The second-order valence-electron chi connectivity index (χ2n) is 6.59. The standard InChI is InChI=1S/C19H21Cl2N3O4S/c1-28-18-14(11-13(20)12-15(18)21)19(25)22-16-5-3-4-6-17(16)23-7-9-24(10-8-23)29(2,26)27/h3-6,11-12H,7-10H2,1-2H3,(H,22,25). The van der Waals surface area contributed by atoms with Gasteiger partial charge in [0.05, 0.1) is 35.3 Å². The summed E-state index contributed by atoms with van der Waals surface area (Å²) in [5.41, 5.74) is 1.63. The molecule has 1 saturated heterocycles. The molecule has 0 unspecified atom stereocenters. The number of piperazine rings is 1. The van der Waals surface area contributed by atoms with E-state index < -0.39 is 15.9 Å². The number of hydrogen-bond donors (Lipinski definition) is 1. The minimum absolute atomic E-state index is 0.224. The number of benzene rings is 2. The minimum atomic E-state index is -3.21. The van der Waals surface area contributed by atoms with E-state index in [0.29, 0.717) is 36.9 Å². The number of hydrogen-bond acceptors (Lipinski definition) is 5. The SMILES string of the molecule is COc1c(Cl)cc(Cl)cc1C(=O)Nc1ccccc1N1CCN(S(C)(=O)=O)CC1. The van der Waals surface area contributed by atoms with E-state index >= 15 is 0 Å². The molecule has 29 heavy (non-hydrogen) atoms. The number of nitrogens with zero attached hydrogens (tertiary/aromatic N) is 2. The molecule has 0 saturated carbocycles. The molecule has 0 bridgehead atoms. The Morgan fingerprint density at radius 1 is 1.10 bits per heavy atom. The summed E-state index contributed by atoms with van der Waals surface area (Å²) < 4.78 is 30.2. The molecule has 2 aromatic rings. The van der Waals surface area contributed by atoms with Crippen molar-refractivity contribution in [3.8, 4) is 5.75 Å². The highest BCUT2D eigenvalue weighted by atomic mass is 35.5. The lowest BCUT2D eigenvalue weighted by Crippen LogP contribution is -2.48. The Morgan fingerprint density at radius 3 is 2.38 bits per heavy atom. The first kappa shape index (κ1) is 21.7. The molecule has 7 nitrogen and oxygen atoms in total. The fourth-order valence-electron chi connectivity index (χ4n) is 3.24. The molecule has 0 atom stereocenters. The lowest BCUT2D eigenvalue weighted by Gasteiger charge is -2.35. The number of carbonyl (C=O) groups is 1. The molecule has 1 fully saturated rings. The van der Waals surface area contributed by atoms with Crippen LogP contribution in [0.15, 0.2) is 36.4 Å². The van der Waals surface area contributed by atoms with Crippen molar-refractivity contribution in [1.82, 2.24) is 4.31 Å². The van der Waals surface area contributed by atoms with Gasteiger partial charge in [0.25, 0.3) is 5.91 Å². The number of amides is 1. The van der Waals surface area contributed by atoms with Gasteiger partial charge in [0, 0.05) is 31.2 Å². The van der Waals surface area contributed by atoms with Crippen molar-refractivity contribution >= 4 is 50.5 Å². The lowest BCUT2D eigenvalue weighted by molar-refractivity contribution is 0.102. The van der Waals surface area contributed by atoms with Gasteiger partial charge >= 0.3 is 0 Å². The molecular formula is C19H21Cl2N3O4S. The van der Waals surface area contributed by atoms with Crippen LogP contribution in [0.5, 0.6) is 5.75 Å². The molecular weight excluding hydrogens is 437 g/mol. The summed E-state index contributed by atoms with van der Waals surface area (Å²) in [5.74, 6) is -0.165. The second-order valence-corrected chi connectivity index (χ2v) is 9.41. The fourth-order valence-corrected chi connectivity index (χ4v) is 4.64. The van der Waals surface area contributed by atoms with Crippen LogP contribution in [0.3, 0.4) is 0 Å². The second kappa shape index (κ2) is 8.79. The van der Waals surface area contributed by atoms with E-state index in [2.05, 4.69) is 5.32 Å². The Balaban J connectivity index is 1.83. The smallest absolute Gasteiger partial charge is 0.259 e. The van der Waals surface area contributed by atoms with Crippen molar-refractivity contribution in [2.24, 2.45) is 0 Å². The van der Waals surface area contributed by atoms with E-state index in [4.69, 9.17) is 27.9 Å². The Hall–Kier alpha value is -2.00. The number of rotatable bonds is 5. The highest BCUT2D eigenvalue weighted by Crippen LogP contribution is 2.34. The van der Waals surface area contributed by atoms with Crippen LogP contribution in [0.4, 0.5) is 11.4 Å². The van der Waals surface area contributed by atoms with Crippen molar-refractivity contribution in [3.63, 3.8) is 0 Å². The normalized spacial score (nSPS) is 15.2. The van der Waals surface area contributed by atoms with Crippen molar-refractivity contribution < 1.29 is 17.9 Å². The third kappa shape index (κ3) is 4.95. The Kier molecular flexibility index (Phi) is 6.58. The van der Waals surface area contributed by atoms with Crippen molar-refractivity contribution in [1.29, 1.82) is 0 Å². The van der Waals surface area contributed by atoms with E-state index in [1.165, 1.54) is 29.8 Å². The van der Waals surface area contributed by atoms with Crippen LogP contribution in [0.1, 0.15) is 10.4 Å². The van der Waals surface area contributed by atoms with Gasteiger partial charge in [-0.1, -0.05) is 35.3 Å². The third-order valence-corrected chi connectivity index (χ3v) is 6.46. The summed E-state index contributed by atoms with van der Waals surface area (Å²) in [6.07, 6.45) is 1.21. The molecule has 3 rings (SSSR count). The Labute approximate surface area is 180 Å². The summed E-state index contributed by atoms with van der Waals surface area (Å²) in [6, 6.07) is 10.4. The maximum absolute atomic E-state index is 12.9. The van der Waals surface area contributed by atoms with Gasteiger partial charge in [0.2, 0.25) is 10.0 Å². The number of anilines is 2. The zero-order chi connectivity index (χ0) is 21.2. The van der Waals surface area contributed by atoms with Crippen LogP contribution in [0.25, 0.3) is 0 Å². The highest BCUT2D eigenvalue weighted by molar-refractivity contribution is 7.88. The topological polar surface area (TPSA) is 79.0 Å². The van der Waals surface area contributed by atoms with Gasteiger partial charge in [0.15, 0.2) is 0 Å². The van der Waals surface area contributed by atoms with E-state index in [-0.39, 0.29) is 16.3 Å². The van der Waals surface area contributed by atoms with E-state index in [1.54, 1.807) is 6.07 Å². The van der Waals surface area contributed by atoms with Crippen LogP contribution in [0, 0.1) is 0 Å². The van der Waals surface area contributed by atoms with Crippen molar-refractivity contribution in [3.05, 3.63) is 52.0 Å². The van der Waals surface area contributed by atoms with Crippen LogP contribution < -0.4 is 15.0 Å². The summed E-state index contributed by atoms with van der Waals surface area (Å²) in [6.45, 7) is 1.82. The number of halogens is 2. The van der Waals surface area contributed by atoms with Gasteiger partial charge in [-0.05, 0) is 24.3 Å². The molecule has 1 N–H and O–H groups in total. The van der Waals surface area contributed by atoms with Crippen LogP contribution in [0.2, 0.25) is 10.0 Å². The zero-order valence-corrected chi connectivity index (χ0v) is 18.3. The first-order chi connectivity index (χ1) is 13.7. The lowest BCUT2D eigenvalue weighted by atomic mass is 10.1. The Bertz CT molecular complexity index is 1020. The van der Waals surface area contributed by atoms with E-state index in [0.717, 1.165) is 5.69 Å². The number of para-hydroxylation sites is 2. The maximum Gasteiger partial charge on any atom is 0.259 e. The molecule has 1 aliphatic heterocycles. The predicted octanol–water partition coefficient (Wildman–Crippen LogP) is 3.34. The quantitative estimate of drug-likeness (QED) is 0.744. The summed E-state index contributed by atoms with van der Waals surface area (Å²) in [5, 5.41) is 3.46. The molecule has 0 spiro atoms. The number of sulfonamides is 1. The molecule has 2 aromatic carbocycles. The first-order valence-corrected chi connectivity index (χ1v) is 11.4. The summed E-state index contributed by atoms with van der Waals surface area (Å²) in [4.78, 5) is 14.9. The third-order valence-electron chi connectivity index (χ3n) is 4.66. The minimum Gasteiger partial charge on any atom is -0.494 e. The van der Waals surface area contributed by atoms with Gasteiger partial charge in [0.1, 0.15) is 5.75 Å². The molecule has 1 aliphatic rings. The van der Waals surface area contributed by atoms with Crippen LogP contribution in [-0.2, 0) is 10.0 Å². The van der Waals surface area contributed by atoms with Gasteiger partial charge in [-0.2, -0.15) is 4.31 Å². The highest BCUT2D eigenvalue weighted by Gasteiger charge is 2.25. The number of nitrogens with one attached hydrogen (secondary N) is 1. The van der Waals surface area contributed by atoms with Crippen LogP contribution >= 0.6 is 23.2 Å². The summed E-state index contributed by atoms with van der Waals surface area (Å²) >= 11 is 12.2. The van der Waals surface area contributed by atoms with Gasteiger partial charge in [-0.15, -0.1) is 0 Å². The molecule has 0 radical (unpaired) electrons. The molecule has 1 heterocycles. The van der Waals surface area contributed by atoms with Gasteiger partial charge in [-0.25, -0.2) is 8.42 Å². The molecule has 10 heteroatoms. The largest absolute Gasteiger partial charge is 0.494 e. The molecule has 0 aliphatic carbocycles. The summed E-state index contributed by atoms with van der Waals surface area (Å²) in [7, 11) is -1.78. The average molecular weight is 458 g/mol. The van der Waals surface area contributed by atoms with Crippen LogP contribution in [-0.4, -0.2) is 58.2 Å². The molecule has 156 valence electrons. The fraction of sp³-hybridized carbons (Fsp3) is 0.316. The average Bonchev–Trinajstić information content (AvgIpc) is 2.67. The number of ether oxygens (including phenoxy) is 1. The monoisotopic (exact) mass is 457 g/mol. The number of carbonyl (C=O) groups excluding carboxylic acids is 1. The first-order valence-electron chi connectivity index (χ1n) is 8.84. The molecule has 1 amide bonds. The predicted molar refractivity (Wildman–Crippen MR) is 116 cm³/mol. The van der Waals surface area contributed by atoms with Gasteiger partial charge < -0.3 is 15.0 Å². The molecule has 0 aromatic heterocycles. The van der Waals surface area contributed by atoms with E-state index in [9.17, 15) is 13.2 Å². The van der Waals surface area contributed by atoms with Gasteiger partial charge in [-0.3, -0.25) is 4.79 Å². The van der Waals surface area contributed by atoms with Crippen molar-refractivity contribution in [2.45, 2.75) is 0 Å².